The van der Waals surface area contributed by atoms with Gasteiger partial charge in [0.2, 0.25) is 5.91 Å². The van der Waals surface area contributed by atoms with E-state index >= 15 is 0 Å². The molecular weight excluding hydrogens is 232 g/mol. The normalized spacial score (nSPS) is 31.4. The molecule has 2 fully saturated rings. The highest BCUT2D eigenvalue weighted by atomic mass is 32.1. The van der Waals surface area contributed by atoms with Crippen LogP contribution in [0, 0.1) is 11.3 Å². The molecule has 0 aromatic heterocycles. The molecule has 3 nitrogen and oxygen atoms in total. The van der Waals surface area contributed by atoms with Crippen molar-refractivity contribution in [3.8, 4) is 0 Å². The summed E-state index contributed by atoms with van der Waals surface area (Å²) in [7, 11) is 0. The highest BCUT2D eigenvalue weighted by molar-refractivity contribution is 7.80. The fraction of sp³-hybridized carbons (Fsp3) is 0.846. The number of carbonyl (C=O) groups excluding carboxylic acids is 1. The molecule has 0 aromatic rings. The molecule has 17 heavy (non-hydrogen) atoms. The van der Waals surface area contributed by atoms with Gasteiger partial charge in [0.25, 0.3) is 0 Å². The molecule has 0 bridgehead atoms. The van der Waals surface area contributed by atoms with Crippen molar-refractivity contribution < 1.29 is 4.79 Å². The van der Waals surface area contributed by atoms with Gasteiger partial charge in [-0.15, -0.1) is 0 Å². The van der Waals surface area contributed by atoms with Crippen LogP contribution in [0.5, 0.6) is 0 Å². The third-order valence-corrected chi connectivity index (χ3v) is 4.68. The average molecular weight is 254 g/mol. The molecule has 0 aliphatic heterocycles. The van der Waals surface area contributed by atoms with Gasteiger partial charge in [-0.25, -0.2) is 0 Å². The summed E-state index contributed by atoms with van der Waals surface area (Å²) in [5, 5.41) is 3.12. The van der Waals surface area contributed by atoms with Gasteiger partial charge < -0.3 is 11.1 Å². The van der Waals surface area contributed by atoms with E-state index in [9.17, 15) is 4.79 Å². The van der Waals surface area contributed by atoms with Gasteiger partial charge in [0.15, 0.2) is 0 Å². The molecule has 0 spiro atoms. The molecule has 0 heterocycles. The van der Waals surface area contributed by atoms with Crippen molar-refractivity contribution in [3.05, 3.63) is 0 Å². The van der Waals surface area contributed by atoms with Crippen LogP contribution < -0.4 is 11.1 Å². The summed E-state index contributed by atoms with van der Waals surface area (Å²) in [5.74, 6) is 0.703. The van der Waals surface area contributed by atoms with Gasteiger partial charge in [-0.1, -0.05) is 44.8 Å². The first-order valence-electron chi connectivity index (χ1n) is 6.67. The van der Waals surface area contributed by atoms with E-state index in [0.29, 0.717) is 16.9 Å². The van der Waals surface area contributed by atoms with Crippen LogP contribution in [0.15, 0.2) is 0 Å². The molecule has 0 radical (unpaired) electrons. The lowest BCUT2D eigenvalue weighted by molar-refractivity contribution is -0.128. The highest BCUT2D eigenvalue weighted by Crippen LogP contribution is 2.37. The lowest BCUT2D eigenvalue weighted by atomic mass is 9.79. The maximum absolute atomic E-state index is 12.4. The number of hydrogen-bond acceptors (Lipinski definition) is 2. The van der Waals surface area contributed by atoms with Crippen molar-refractivity contribution in [2.75, 3.05) is 0 Å². The Balaban J connectivity index is 2.08. The van der Waals surface area contributed by atoms with E-state index in [2.05, 4.69) is 12.2 Å². The van der Waals surface area contributed by atoms with Crippen LogP contribution in [0.3, 0.4) is 0 Å². The number of nitrogens with two attached hydrogens (primary N) is 1. The first-order valence-corrected chi connectivity index (χ1v) is 7.08. The number of carbonyl (C=O) groups is 1. The smallest absolute Gasteiger partial charge is 0.233 e. The van der Waals surface area contributed by atoms with Crippen molar-refractivity contribution in [1.29, 1.82) is 0 Å². The molecule has 1 amide bonds. The zero-order valence-electron chi connectivity index (χ0n) is 10.5. The Morgan fingerprint density at radius 3 is 2.24 bits per heavy atom. The second-order valence-electron chi connectivity index (χ2n) is 5.65. The quantitative estimate of drug-likeness (QED) is 0.599. The van der Waals surface area contributed by atoms with E-state index in [1.165, 1.54) is 12.8 Å². The maximum Gasteiger partial charge on any atom is 0.233 e. The molecule has 2 saturated carbocycles. The Hall–Kier alpha value is -0.640. The minimum Gasteiger partial charge on any atom is -0.392 e. The van der Waals surface area contributed by atoms with Crippen molar-refractivity contribution in [1.82, 2.24) is 5.32 Å². The van der Waals surface area contributed by atoms with Crippen LogP contribution >= 0.6 is 12.2 Å². The van der Waals surface area contributed by atoms with E-state index in [-0.39, 0.29) is 5.91 Å². The lowest BCUT2D eigenvalue weighted by Crippen LogP contribution is -2.49. The second-order valence-corrected chi connectivity index (χ2v) is 6.09. The molecule has 3 N–H and O–H groups in total. The first kappa shape index (κ1) is 12.8. The van der Waals surface area contributed by atoms with Gasteiger partial charge in [-0.3, -0.25) is 4.79 Å². The Kier molecular flexibility index (Phi) is 3.71. The van der Waals surface area contributed by atoms with Crippen molar-refractivity contribution in [2.24, 2.45) is 17.1 Å². The van der Waals surface area contributed by atoms with E-state index in [1.807, 2.05) is 0 Å². The summed E-state index contributed by atoms with van der Waals surface area (Å²) in [6.45, 7) is 2.16. The Bertz CT molecular complexity index is 321. The zero-order valence-corrected chi connectivity index (χ0v) is 11.3. The van der Waals surface area contributed by atoms with Crippen LogP contribution in [-0.2, 0) is 4.79 Å². The van der Waals surface area contributed by atoms with Gasteiger partial charge in [-0.2, -0.15) is 0 Å². The summed E-state index contributed by atoms with van der Waals surface area (Å²) in [4.78, 5) is 12.8. The largest absolute Gasteiger partial charge is 0.392 e. The maximum atomic E-state index is 12.4. The van der Waals surface area contributed by atoms with Gasteiger partial charge in [-0.05, 0) is 25.2 Å². The van der Waals surface area contributed by atoms with Crippen LogP contribution in [0.1, 0.15) is 51.9 Å². The minimum absolute atomic E-state index is 0.0845. The third kappa shape index (κ3) is 2.62. The molecule has 2 aliphatic rings. The van der Waals surface area contributed by atoms with Crippen LogP contribution in [0.25, 0.3) is 0 Å². The van der Waals surface area contributed by atoms with Crippen molar-refractivity contribution >= 4 is 23.1 Å². The Labute approximate surface area is 109 Å². The van der Waals surface area contributed by atoms with Gasteiger partial charge in [0, 0.05) is 6.04 Å². The van der Waals surface area contributed by atoms with Crippen molar-refractivity contribution in [3.63, 3.8) is 0 Å². The SMILES string of the molecule is CC1CC1NC(=O)C1(C(N)=S)CCCCCC1. The van der Waals surface area contributed by atoms with E-state index < -0.39 is 5.41 Å². The summed E-state index contributed by atoms with van der Waals surface area (Å²) < 4.78 is 0. The number of rotatable bonds is 3. The number of hydrogen-bond donors (Lipinski definition) is 2. The van der Waals surface area contributed by atoms with Crippen LogP contribution in [0.4, 0.5) is 0 Å². The van der Waals surface area contributed by atoms with Crippen molar-refractivity contribution in [2.45, 2.75) is 57.9 Å². The minimum atomic E-state index is -0.561. The summed E-state index contributed by atoms with van der Waals surface area (Å²) >= 11 is 5.18. The van der Waals surface area contributed by atoms with Crippen LogP contribution in [0.2, 0.25) is 0 Å². The molecule has 96 valence electrons. The zero-order chi connectivity index (χ0) is 12.5. The Morgan fingerprint density at radius 2 is 1.82 bits per heavy atom. The van der Waals surface area contributed by atoms with E-state index in [0.717, 1.165) is 32.1 Å². The van der Waals surface area contributed by atoms with E-state index in [4.69, 9.17) is 18.0 Å². The average Bonchev–Trinajstić information content (AvgIpc) is 3.00. The molecule has 2 atom stereocenters. The molecule has 0 aromatic carbocycles. The molecule has 2 unspecified atom stereocenters. The second kappa shape index (κ2) is 4.92. The lowest BCUT2D eigenvalue weighted by Gasteiger charge is -2.30. The molecule has 0 saturated heterocycles. The monoisotopic (exact) mass is 254 g/mol. The first-order chi connectivity index (χ1) is 8.06. The summed E-state index contributed by atoms with van der Waals surface area (Å²) in [6.07, 6.45) is 7.26. The van der Waals surface area contributed by atoms with Crippen LogP contribution in [-0.4, -0.2) is 16.9 Å². The molecule has 4 heteroatoms. The number of thiocarbonyl (C=S) groups is 1. The molecular formula is C13H22N2OS. The van der Waals surface area contributed by atoms with Gasteiger partial charge in [0.1, 0.15) is 0 Å². The predicted octanol–water partition coefficient (Wildman–Crippen LogP) is 2.14. The fourth-order valence-electron chi connectivity index (χ4n) is 2.75. The van der Waals surface area contributed by atoms with Gasteiger partial charge in [0.05, 0.1) is 10.4 Å². The number of amides is 1. The van der Waals surface area contributed by atoms with E-state index in [1.54, 1.807) is 0 Å². The molecule has 2 aliphatic carbocycles. The topological polar surface area (TPSA) is 55.1 Å². The Morgan fingerprint density at radius 1 is 1.29 bits per heavy atom. The number of nitrogens with one attached hydrogen (secondary N) is 1. The fourth-order valence-corrected chi connectivity index (χ4v) is 3.04. The van der Waals surface area contributed by atoms with Gasteiger partial charge >= 0.3 is 0 Å². The highest BCUT2D eigenvalue weighted by Gasteiger charge is 2.44. The summed E-state index contributed by atoms with van der Waals surface area (Å²) in [6, 6.07) is 0.358. The molecule has 2 rings (SSSR count). The standard InChI is InChI=1S/C13H22N2OS/c1-9-8-10(9)15-12(16)13(11(14)17)6-4-2-3-5-7-13/h9-10H,2-8H2,1H3,(H2,14,17)(H,15,16). The third-order valence-electron chi connectivity index (χ3n) is 4.29. The summed E-state index contributed by atoms with van der Waals surface area (Å²) in [5.41, 5.74) is 5.31. The predicted molar refractivity (Wildman–Crippen MR) is 72.6 cm³/mol.